The first-order chi connectivity index (χ1) is 37.4. The summed E-state index contributed by atoms with van der Waals surface area (Å²) in [5, 5.41) is 10.5. The molecule has 0 aromatic carbocycles. The van der Waals surface area contributed by atoms with E-state index in [1.165, 1.54) is 96.3 Å². The maximum absolute atomic E-state index is 12.9. The van der Waals surface area contributed by atoms with E-state index < -0.39 is 97.5 Å². The molecule has 0 spiro atoms. The van der Waals surface area contributed by atoms with Gasteiger partial charge in [0.2, 0.25) is 0 Å². The lowest BCUT2D eigenvalue weighted by molar-refractivity contribution is -0.161. The minimum absolute atomic E-state index is 0.102. The number of carbonyl (C=O) groups excluding carboxylic acids is 4. The molecule has 6 atom stereocenters. The van der Waals surface area contributed by atoms with Crippen molar-refractivity contribution in [2.45, 2.75) is 304 Å². The second-order valence-electron chi connectivity index (χ2n) is 22.1. The number of hydrogen-bond acceptors (Lipinski definition) is 15. The summed E-state index contributed by atoms with van der Waals surface area (Å²) in [6.07, 6.45) is 32.4. The van der Waals surface area contributed by atoms with Gasteiger partial charge in [0.15, 0.2) is 12.2 Å². The van der Waals surface area contributed by atoms with Crippen molar-refractivity contribution in [1.82, 2.24) is 0 Å². The van der Waals surface area contributed by atoms with Crippen molar-refractivity contribution in [2.75, 3.05) is 39.6 Å². The minimum Gasteiger partial charge on any atom is -0.462 e. The van der Waals surface area contributed by atoms with E-state index in [1.807, 2.05) is 0 Å². The molecule has 0 saturated heterocycles. The Hall–Kier alpha value is -1.94. The SMILES string of the molecule is CCCCCCCCCCCCCC(=O)OC[C@H](COP(=O)(O)OC[C@@H](O)COP(=O)(O)OC[C@@H](COC(=O)CCCCCCC)OC(=O)CCCCCCCCC(C)CC)OC(=O)CCCCCCCCCCCC(C)C. The molecule has 462 valence electrons. The molecular formula is C59H114O17P2. The number of unbranched alkanes of at least 4 members (excludes halogenated alkanes) is 27. The Balaban J connectivity index is 5.20. The minimum atomic E-state index is -4.94. The van der Waals surface area contributed by atoms with Gasteiger partial charge in [-0.05, 0) is 37.5 Å². The fourth-order valence-electron chi connectivity index (χ4n) is 8.61. The summed E-state index contributed by atoms with van der Waals surface area (Å²) in [5.41, 5.74) is 0. The molecule has 0 amide bonds. The molecule has 0 radical (unpaired) electrons. The molecule has 3 unspecified atom stereocenters. The zero-order chi connectivity index (χ0) is 58.0. The Morgan fingerprint density at radius 2 is 0.654 bits per heavy atom. The van der Waals surface area contributed by atoms with Crippen molar-refractivity contribution in [3.05, 3.63) is 0 Å². The van der Waals surface area contributed by atoms with Crippen LogP contribution in [0.2, 0.25) is 0 Å². The Morgan fingerprint density at radius 3 is 0.974 bits per heavy atom. The van der Waals surface area contributed by atoms with Crippen LogP contribution in [0, 0.1) is 11.8 Å². The second-order valence-corrected chi connectivity index (χ2v) is 25.0. The average Bonchev–Trinajstić information content (AvgIpc) is 3.40. The van der Waals surface area contributed by atoms with Gasteiger partial charge in [-0.25, -0.2) is 9.13 Å². The third-order valence-corrected chi connectivity index (χ3v) is 15.7. The molecule has 19 heteroatoms. The highest BCUT2D eigenvalue weighted by molar-refractivity contribution is 7.47. The van der Waals surface area contributed by atoms with E-state index in [1.54, 1.807) is 0 Å². The summed E-state index contributed by atoms with van der Waals surface area (Å²) in [6, 6.07) is 0. The van der Waals surface area contributed by atoms with Gasteiger partial charge in [0, 0.05) is 25.7 Å². The van der Waals surface area contributed by atoms with Crippen molar-refractivity contribution in [2.24, 2.45) is 11.8 Å². The number of phosphoric acid groups is 2. The van der Waals surface area contributed by atoms with Crippen molar-refractivity contribution in [1.29, 1.82) is 0 Å². The van der Waals surface area contributed by atoms with E-state index in [0.717, 1.165) is 108 Å². The van der Waals surface area contributed by atoms with Crippen molar-refractivity contribution >= 4 is 39.5 Å². The highest BCUT2D eigenvalue weighted by Gasteiger charge is 2.30. The summed E-state index contributed by atoms with van der Waals surface area (Å²) in [4.78, 5) is 71.7. The van der Waals surface area contributed by atoms with Crippen LogP contribution in [0.1, 0.15) is 286 Å². The zero-order valence-corrected chi connectivity index (χ0v) is 51.7. The van der Waals surface area contributed by atoms with Gasteiger partial charge in [0.05, 0.1) is 26.4 Å². The zero-order valence-electron chi connectivity index (χ0n) is 50.0. The Kier molecular flexibility index (Phi) is 50.6. The number of rotatable bonds is 58. The van der Waals surface area contributed by atoms with Crippen LogP contribution in [-0.4, -0.2) is 96.7 Å². The first-order valence-electron chi connectivity index (χ1n) is 31.0. The van der Waals surface area contributed by atoms with Crippen molar-refractivity contribution in [3.8, 4) is 0 Å². The Bertz CT molecular complexity index is 1550. The Labute approximate surface area is 473 Å². The summed E-state index contributed by atoms with van der Waals surface area (Å²) in [7, 11) is -9.87. The fourth-order valence-corrected chi connectivity index (χ4v) is 10.2. The first-order valence-corrected chi connectivity index (χ1v) is 34.0. The third-order valence-electron chi connectivity index (χ3n) is 13.8. The van der Waals surface area contributed by atoms with E-state index in [9.17, 15) is 43.2 Å². The molecule has 0 aromatic rings. The Morgan fingerprint density at radius 1 is 0.372 bits per heavy atom. The number of carbonyl (C=O) groups is 4. The molecule has 0 fully saturated rings. The molecular weight excluding hydrogens is 1040 g/mol. The van der Waals surface area contributed by atoms with Crippen LogP contribution < -0.4 is 0 Å². The summed E-state index contributed by atoms with van der Waals surface area (Å²) in [6.45, 7) is 9.29. The molecule has 0 saturated carbocycles. The third kappa shape index (κ3) is 52.2. The summed E-state index contributed by atoms with van der Waals surface area (Å²) in [5.74, 6) is -0.697. The largest absolute Gasteiger partial charge is 0.472 e. The van der Waals surface area contributed by atoms with Gasteiger partial charge in [-0.15, -0.1) is 0 Å². The van der Waals surface area contributed by atoms with E-state index in [-0.39, 0.29) is 25.7 Å². The normalized spacial score (nSPS) is 14.8. The van der Waals surface area contributed by atoms with E-state index in [0.29, 0.717) is 25.7 Å². The van der Waals surface area contributed by atoms with Crippen LogP contribution in [0.5, 0.6) is 0 Å². The average molecular weight is 1160 g/mol. The van der Waals surface area contributed by atoms with E-state index >= 15 is 0 Å². The number of phosphoric ester groups is 2. The van der Waals surface area contributed by atoms with Crippen LogP contribution in [0.15, 0.2) is 0 Å². The van der Waals surface area contributed by atoms with Crippen LogP contribution in [-0.2, 0) is 65.4 Å². The standard InChI is InChI=1S/C59H114O17P2/c1-7-10-12-14-15-16-17-20-23-30-36-42-57(62)70-48-55(75-58(63)43-37-31-24-21-18-19-22-28-33-39-51(4)5)50-74-78(67,68)72-46-53(60)45-71-77(65,66)73-49-54(47-69-56(61)41-35-27-13-11-8-2)76-59(64)44-38-32-26-25-29-34-40-52(6)9-3/h51-55,60H,7-50H2,1-6H3,(H,65,66)(H,67,68)/t52?,53-,54+,55+/m0/s1. The molecule has 0 aliphatic heterocycles. The lowest BCUT2D eigenvalue weighted by atomic mass is 10.00. The number of hydrogen-bond donors (Lipinski definition) is 3. The van der Waals surface area contributed by atoms with Crippen LogP contribution in [0.25, 0.3) is 0 Å². The van der Waals surface area contributed by atoms with Crippen LogP contribution >= 0.6 is 15.6 Å². The number of esters is 4. The predicted molar refractivity (Wildman–Crippen MR) is 308 cm³/mol. The molecule has 0 aliphatic carbocycles. The molecule has 17 nitrogen and oxygen atoms in total. The number of aliphatic hydroxyl groups is 1. The monoisotopic (exact) mass is 1160 g/mol. The fraction of sp³-hybridized carbons (Fsp3) is 0.932. The number of ether oxygens (including phenoxy) is 4. The van der Waals surface area contributed by atoms with Gasteiger partial charge in [0.1, 0.15) is 19.3 Å². The number of aliphatic hydroxyl groups excluding tert-OH is 1. The molecule has 0 aromatic heterocycles. The van der Waals surface area contributed by atoms with E-state index in [4.69, 9.17) is 37.0 Å². The highest BCUT2D eigenvalue weighted by atomic mass is 31.2. The van der Waals surface area contributed by atoms with Crippen molar-refractivity contribution < 1.29 is 80.2 Å². The van der Waals surface area contributed by atoms with Gasteiger partial charge in [-0.1, -0.05) is 234 Å². The van der Waals surface area contributed by atoms with Crippen LogP contribution in [0.4, 0.5) is 0 Å². The van der Waals surface area contributed by atoms with Gasteiger partial charge in [0.25, 0.3) is 0 Å². The maximum Gasteiger partial charge on any atom is 0.472 e. The van der Waals surface area contributed by atoms with Crippen molar-refractivity contribution in [3.63, 3.8) is 0 Å². The predicted octanol–water partition coefficient (Wildman–Crippen LogP) is 15.7. The quantitative estimate of drug-likeness (QED) is 0.0222. The molecule has 0 bridgehead atoms. The summed E-state index contributed by atoms with van der Waals surface area (Å²) >= 11 is 0. The van der Waals surface area contributed by atoms with E-state index in [2.05, 4.69) is 41.5 Å². The van der Waals surface area contributed by atoms with Crippen LogP contribution in [0.3, 0.4) is 0 Å². The van der Waals surface area contributed by atoms with Gasteiger partial charge >= 0.3 is 39.5 Å². The first kappa shape index (κ1) is 76.1. The highest BCUT2D eigenvalue weighted by Crippen LogP contribution is 2.45. The molecule has 0 rings (SSSR count). The second kappa shape index (κ2) is 51.9. The van der Waals surface area contributed by atoms with Gasteiger partial charge < -0.3 is 33.8 Å². The van der Waals surface area contributed by atoms with Gasteiger partial charge in [-0.3, -0.25) is 37.3 Å². The molecule has 0 heterocycles. The molecule has 3 N–H and O–H groups in total. The lowest BCUT2D eigenvalue weighted by Gasteiger charge is -2.21. The lowest BCUT2D eigenvalue weighted by Crippen LogP contribution is -2.30. The molecule has 78 heavy (non-hydrogen) atoms. The molecule has 0 aliphatic rings. The smallest absolute Gasteiger partial charge is 0.462 e. The summed E-state index contributed by atoms with van der Waals surface area (Å²) < 4.78 is 67.6. The maximum atomic E-state index is 12.9. The topological polar surface area (TPSA) is 237 Å². The van der Waals surface area contributed by atoms with Gasteiger partial charge in [-0.2, -0.15) is 0 Å².